The number of thioether (sulfide) groups is 2. The molecule has 0 spiro atoms. The Hall–Kier alpha value is -3.19. The molecule has 4 aromatic rings. The zero-order chi connectivity index (χ0) is 34.1. The number of hydrogen-bond donors (Lipinski definition) is 2. The van der Waals surface area contributed by atoms with E-state index in [-0.39, 0.29) is 17.1 Å². The van der Waals surface area contributed by atoms with Gasteiger partial charge in [-0.1, -0.05) is 87.2 Å². The molecule has 13 heteroatoms. The van der Waals surface area contributed by atoms with Crippen LogP contribution in [0.15, 0.2) is 76.4 Å². The van der Waals surface area contributed by atoms with Crippen LogP contribution in [-0.2, 0) is 27.8 Å². The van der Waals surface area contributed by atoms with E-state index in [4.69, 9.17) is 16.7 Å². The first-order valence-electron chi connectivity index (χ1n) is 16.4. The third-order valence-corrected chi connectivity index (χ3v) is 12.7. The van der Waals surface area contributed by atoms with E-state index in [1.165, 1.54) is 34.3 Å². The molecule has 0 radical (unpaired) electrons. The summed E-state index contributed by atoms with van der Waals surface area (Å²) >= 11 is 9.53. The molecule has 2 N–H and O–H groups in total. The van der Waals surface area contributed by atoms with Crippen LogP contribution < -0.4 is 15.7 Å². The predicted octanol–water partition coefficient (Wildman–Crippen LogP) is 7.35. The average molecular weight is 728 g/mol. The van der Waals surface area contributed by atoms with E-state index in [9.17, 15) is 18.0 Å². The second-order valence-electron chi connectivity index (χ2n) is 11.7. The Labute approximate surface area is 296 Å². The molecule has 3 aromatic carbocycles. The summed E-state index contributed by atoms with van der Waals surface area (Å²) in [6.07, 6.45) is 6.80. The Morgan fingerprint density at radius 3 is 2.44 bits per heavy atom. The molecule has 1 aromatic heterocycles. The van der Waals surface area contributed by atoms with Crippen molar-refractivity contribution in [2.24, 2.45) is 0 Å². The van der Waals surface area contributed by atoms with Crippen molar-refractivity contribution in [3.05, 3.63) is 93.6 Å². The molecule has 256 valence electrons. The van der Waals surface area contributed by atoms with Gasteiger partial charge in [0.1, 0.15) is 10.4 Å². The van der Waals surface area contributed by atoms with Gasteiger partial charge >= 0.3 is 5.69 Å². The summed E-state index contributed by atoms with van der Waals surface area (Å²) in [4.78, 5) is 26.7. The molecule has 2 heterocycles. The fraction of sp³-hybridized carbons (Fsp3) is 0.400. The molecule has 9 nitrogen and oxygen atoms in total. The number of unbranched alkanes of at least 4 members (excludes halogenated alkanes) is 3. The van der Waals surface area contributed by atoms with Crippen LogP contribution in [-0.4, -0.2) is 51.3 Å². The average Bonchev–Trinajstić information content (AvgIpc) is 3.40. The van der Waals surface area contributed by atoms with Crippen LogP contribution in [0.4, 0.5) is 5.69 Å². The SMILES string of the molecule is CCCCCNc1ccc(Cl)c(-n2nc(CCCC)n(Cc3ccc(-c4ccccc4S(=O)(=O)NC(=O)C4SCCCS4)cc3)c2=O)c1. The molecule has 1 saturated heterocycles. The van der Waals surface area contributed by atoms with Crippen LogP contribution in [0, 0.1) is 0 Å². The molecule has 0 saturated carbocycles. The van der Waals surface area contributed by atoms with Crippen molar-refractivity contribution in [3.8, 4) is 16.8 Å². The number of aromatic nitrogens is 3. The molecule has 0 aliphatic carbocycles. The third kappa shape index (κ3) is 8.88. The number of halogens is 1. The van der Waals surface area contributed by atoms with Gasteiger partial charge in [0.2, 0.25) is 0 Å². The van der Waals surface area contributed by atoms with E-state index in [2.05, 4.69) is 23.9 Å². The monoisotopic (exact) mass is 727 g/mol. The quantitative estimate of drug-likeness (QED) is 0.122. The smallest absolute Gasteiger partial charge is 0.351 e. The van der Waals surface area contributed by atoms with Crippen LogP contribution in [0.2, 0.25) is 5.02 Å². The number of benzene rings is 3. The summed E-state index contributed by atoms with van der Waals surface area (Å²) in [5.41, 5.74) is 3.15. The Morgan fingerprint density at radius 1 is 0.979 bits per heavy atom. The largest absolute Gasteiger partial charge is 0.385 e. The van der Waals surface area contributed by atoms with Crippen molar-refractivity contribution in [2.75, 3.05) is 23.4 Å². The number of sulfonamides is 1. The minimum atomic E-state index is -4.10. The molecule has 0 unspecified atom stereocenters. The summed E-state index contributed by atoms with van der Waals surface area (Å²) in [7, 11) is -4.10. The number of hydrogen-bond acceptors (Lipinski definition) is 8. The lowest BCUT2D eigenvalue weighted by Gasteiger charge is -2.20. The number of nitrogens with one attached hydrogen (secondary N) is 2. The number of anilines is 1. The molecular formula is C35H42ClN5O4S3. The van der Waals surface area contributed by atoms with Crippen LogP contribution in [0.5, 0.6) is 0 Å². The minimum Gasteiger partial charge on any atom is -0.385 e. The number of aryl methyl sites for hydroxylation is 1. The standard InChI is InChI=1S/C35H42ClN5O4S3/c1-3-5-9-20-37-27-18-19-29(36)30(23-27)41-35(43)40(32(38-41)13-6-4-2)24-25-14-16-26(17-15-25)28-11-7-8-12-31(28)48(44,45)39-33(42)34-46-21-10-22-47-34/h7-8,11-12,14-19,23,34,37H,3-6,9-10,13,20-22,24H2,1-2H3,(H,39,42). The van der Waals surface area contributed by atoms with Gasteiger partial charge in [0, 0.05) is 24.2 Å². The van der Waals surface area contributed by atoms with Crippen LogP contribution >= 0.6 is 35.1 Å². The number of carbonyl (C=O) groups excluding carboxylic acids is 1. The van der Waals surface area contributed by atoms with E-state index < -0.39 is 20.5 Å². The van der Waals surface area contributed by atoms with E-state index in [1.807, 2.05) is 36.4 Å². The fourth-order valence-electron chi connectivity index (χ4n) is 5.45. The highest BCUT2D eigenvalue weighted by Gasteiger charge is 2.28. The second-order valence-corrected chi connectivity index (χ2v) is 16.5. The van der Waals surface area contributed by atoms with Crippen molar-refractivity contribution in [1.29, 1.82) is 0 Å². The first-order valence-corrected chi connectivity index (χ1v) is 20.4. The maximum absolute atomic E-state index is 13.8. The number of carbonyl (C=O) groups is 1. The van der Waals surface area contributed by atoms with Gasteiger partial charge in [0.25, 0.3) is 15.9 Å². The molecule has 1 aliphatic rings. The summed E-state index contributed by atoms with van der Waals surface area (Å²) in [5.74, 6) is 1.83. The lowest BCUT2D eigenvalue weighted by atomic mass is 10.0. The van der Waals surface area contributed by atoms with Gasteiger partial charge in [0.05, 0.1) is 22.2 Å². The summed E-state index contributed by atoms with van der Waals surface area (Å²) in [6, 6.07) is 19.7. The zero-order valence-electron chi connectivity index (χ0n) is 27.3. The Balaban J connectivity index is 1.39. The summed E-state index contributed by atoms with van der Waals surface area (Å²) < 4.78 is 31.7. The van der Waals surface area contributed by atoms with Crippen molar-refractivity contribution < 1.29 is 13.2 Å². The second kappa shape index (κ2) is 17.0. The highest BCUT2D eigenvalue weighted by Crippen LogP contribution is 2.32. The molecule has 48 heavy (non-hydrogen) atoms. The molecule has 5 rings (SSSR count). The van der Waals surface area contributed by atoms with Gasteiger partial charge in [-0.05, 0) is 66.2 Å². The topological polar surface area (TPSA) is 115 Å². The predicted molar refractivity (Wildman–Crippen MR) is 199 cm³/mol. The van der Waals surface area contributed by atoms with Gasteiger partial charge in [-0.15, -0.1) is 28.6 Å². The molecule has 1 amide bonds. The van der Waals surface area contributed by atoms with E-state index >= 15 is 0 Å². The van der Waals surface area contributed by atoms with Crippen molar-refractivity contribution >= 4 is 56.7 Å². The molecule has 1 aliphatic heterocycles. The Bertz CT molecular complexity index is 1870. The highest BCUT2D eigenvalue weighted by atomic mass is 35.5. The number of nitrogens with zero attached hydrogens (tertiary/aromatic N) is 3. The van der Waals surface area contributed by atoms with E-state index in [1.54, 1.807) is 28.8 Å². The maximum Gasteiger partial charge on any atom is 0.351 e. The first-order chi connectivity index (χ1) is 23.2. The number of rotatable bonds is 15. The van der Waals surface area contributed by atoms with Crippen LogP contribution in [0.1, 0.15) is 63.8 Å². The van der Waals surface area contributed by atoms with Crippen LogP contribution in [0.3, 0.4) is 0 Å². The van der Waals surface area contributed by atoms with Gasteiger partial charge in [-0.2, -0.15) is 4.68 Å². The number of amides is 1. The third-order valence-electron chi connectivity index (χ3n) is 8.04. The van der Waals surface area contributed by atoms with Gasteiger partial charge in [0.15, 0.2) is 0 Å². The van der Waals surface area contributed by atoms with Crippen molar-refractivity contribution in [3.63, 3.8) is 0 Å². The minimum absolute atomic E-state index is 0.0372. The Morgan fingerprint density at radius 2 is 1.71 bits per heavy atom. The summed E-state index contributed by atoms with van der Waals surface area (Å²) in [6.45, 7) is 5.39. The van der Waals surface area contributed by atoms with Crippen molar-refractivity contribution in [2.45, 2.75) is 74.8 Å². The maximum atomic E-state index is 13.8. The first kappa shape index (κ1) is 36.1. The highest BCUT2D eigenvalue weighted by molar-refractivity contribution is 8.18. The lowest BCUT2D eigenvalue weighted by molar-refractivity contribution is -0.117. The molecule has 0 bridgehead atoms. The molecular weight excluding hydrogens is 686 g/mol. The summed E-state index contributed by atoms with van der Waals surface area (Å²) in [5, 5.41) is 8.59. The molecule has 1 fully saturated rings. The molecule has 0 atom stereocenters. The van der Waals surface area contributed by atoms with Crippen molar-refractivity contribution in [1.82, 2.24) is 19.1 Å². The zero-order valence-corrected chi connectivity index (χ0v) is 30.5. The van der Waals surface area contributed by atoms with Crippen LogP contribution in [0.25, 0.3) is 16.8 Å². The van der Waals surface area contributed by atoms with Gasteiger partial charge < -0.3 is 5.32 Å². The fourth-order valence-corrected chi connectivity index (χ4v) is 9.64. The lowest BCUT2D eigenvalue weighted by Crippen LogP contribution is -2.37. The van der Waals surface area contributed by atoms with E-state index in [0.717, 1.165) is 67.8 Å². The normalized spacial score (nSPS) is 13.8. The van der Waals surface area contributed by atoms with Gasteiger partial charge in [-0.25, -0.2) is 17.9 Å². The van der Waals surface area contributed by atoms with Gasteiger partial charge in [-0.3, -0.25) is 9.36 Å². The Kier molecular flexibility index (Phi) is 12.8. The van der Waals surface area contributed by atoms with E-state index in [0.29, 0.717) is 34.1 Å².